The van der Waals surface area contributed by atoms with Gasteiger partial charge in [-0.15, -0.1) is 0 Å². The fourth-order valence-corrected chi connectivity index (χ4v) is 2.54. The van der Waals surface area contributed by atoms with E-state index in [2.05, 4.69) is 5.32 Å². The highest BCUT2D eigenvalue weighted by Crippen LogP contribution is 2.32. The van der Waals surface area contributed by atoms with Gasteiger partial charge in [0.15, 0.2) is 17.7 Å². The number of benzene rings is 1. The molecule has 6 nitrogen and oxygen atoms in total. The van der Waals surface area contributed by atoms with Crippen molar-refractivity contribution in [3.05, 3.63) is 57.0 Å². The number of ether oxygens (including phenoxy) is 2. The summed E-state index contributed by atoms with van der Waals surface area (Å²) in [7, 11) is 0. The predicted octanol–water partition coefficient (Wildman–Crippen LogP) is 2.29. The minimum Gasteiger partial charge on any atom is -0.618 e. The molecule has 1 N–H and O–H groups in total. The molecule has 0 unspecified atom stereocenters. The molecule has 1 aliphatic rings. The van der Waals surface area contributed by atoms with Gasteiger partial charge in [-0.05, 0) is 29.3 Å². The average molecular weight is 341 g/mol. The van der Waals surface area contributed by atoms with Crippen molar-refractivity contribution in [2.45, 2.75) is 6.54 Å². The minimum atomic E-state index is -0.530. The highest BCUT2D eigenvalue weighted by molar-refractivity contribution is 6.38. The molecular formula is C14H10Cl2N2O4. The second-order valence-electron chi connectivity index (χ2n) is 4.53. The van der Waals surface area contributed by atoms with Crippen molar-refractivity contribution in [3.63, 3.8) is 0 Å². The summed E-state index contributed by atoms with van der Waals surface area (Å²) in [6, 6.07) is 6.65. The van der Waals surface area contributed by atoms with E-state index in [-0.39, 0.29) is 29.1 Å². The second-order valence-corrected chi connectivity index (χ2v) is 5.29. The van der Waals surface area contributed by atoms with Crippen LogP contribution >= 0.6 is 23.2 Å². The van der Waals surface area contributed by atoms with Crippen LogP contribution in [-0.4, -0.2) is 12.7 Å². The van der Waals surface area contributed by atoms with Crippen LogP contribution in [0.3, 0.4) is 0 Å². The maximum atomic E-state index is 12.2. The molecule has 0 radical (unpaired) electrons. The van der Waals surface area contributed by atoms with E-state index in [4.69, 9.17) is 32.7 Å². The van der Waals surface area contributed by atoms with E-state index in [0.29, 0.717) is 16.2 Å². The molecule has 3 rings (SSSR count). The largest absolute Gasteiger partial charge is 0.618 e. The van der Waals surface area contributed by atoms with Crippen molar-refractivity contribution in [1.82, 2.24) is 5.32 Å². The standard InChI is InChI=1S/C14H10Cl2N2O4/c15-9-3-4-18(20)13(16)12(9)14(19)17-6-8-1-2-10-11(5-8)22-7-21-10/h1-5H,6-7H2,(H,17,19). The van der Waals surface area contributed by atoms with Crippen molar-refractivity contribution >= 4 is 29.1 Å². The summed E-state index contributed by atoms with van der Waals surface area (Å²) in [6.45, 7) is 0.416. The first kappa shape index (κ1) is 14.7. The van der Waals surface area contributed by atoms with Crippen LogP contribution in [0.25, 0.3) is 0 Å². The van der Waals surface area contributed by atoms with Crippen LogP contribution in [0.1, 0.15) is 15.9 Å². The number of hydrogen-bond acceptors (Lipinski definition) is 4. The molecule has 0 fully saturated rings. The van der Waals surface area contributed by atoms with E-state index in [1.165, 1.54) is 6.07 Å². The van der Waals surface area contributed by atoms with Crippen LogP contribution in [0.4, 0.5) is 0 Å². The summed E-state index contributed by atoms with van der Waals surface area (Å²) in [4.78, 5) is 12.2. The number of carbonyl (C=O) groups is 1. The Morgan fingerprint density at radius 1 is 1.27 bits per heavy atom. The van der Waals surface area contributed by atoms with Crippen LogP contribution in [-0.2, 0) is 6.54 Å². The third-order valence-corrected chi connectivity index (χ3v) is 3.78. The normalized spacial score (nSPS) is 12.3. The summed E-state index contributed by atoms with van der Waals surface area (Å²) in [5.41, 5.74) is 0.761. The summed E-state index contributed by atoms with van der Waals surface area (Å²) in [5, 5.41) is 13.9. The lowest BCUT2D eigenvalue weighted by Gasteiger charge is -2.08. The maximum absolute atomic E-state index is 12.2. The van der Waals surface area contributed by atoms with Crippen LogP contribution < -0.4 is 19.5 Å². The molecule has 0 saturated carbocycles. The topological polar surface area (TPSA) is 74.5 Å². The van der Waals surface area contributed by atoms with Gasteiger partial charge >= 0.3 is 5.15 Å². The quantitative estimate of drug-likeness (QED) is 0.528. The highest BCUT2D eigenvalue weighted by atomic mass is 35.5. The number of aromatic nitrogens is 1. The number of rotatable bonds is 3. The Balaban J connectivity index is 1.74. The van der Waals surface area contributed by atoms with Gasteiger partial charge in [0.05, 0.1) is 5.02 Å². The van der Waals surface area contributed by atoms with Crippen LogP contribution in [0.15, 0.2) is 30.5 Å². The lowest BCUT2D eigenvalue weighted by molar-refractivity contribution is -0.603. The number of pyridine rings is 1. The van der Waals surface area contributed by atoms with Crippen LogP contribution in [0.5, 0.6) is 11.5 Å². The number of carbonyl (C=O) groups excluding carboxylic acids is 1. The molecule has 0 aliphatic carbocycles. The van der Waals surface area contributed by atoms with Gasteiger partial charge in [0.1, 0.15) is 5.56 Å². The molecule has 1 aromatic carbocycles. The van der Waals surface area contributed by atoms with Gasteiger partial charge in [0, 0.05) is 12.6 Å². The Kier molecular flexibility index (Phi) is 3.96. The molecule has 1 aromatic heterocycles. The number of nitrogens with one attached hydrogen (secondary N) is 1. The third kappa shape index (κ3) is 2.75. The van der Waals surface area contributed by atoms with Crippen LogP contribution in [0.2, 0.25) is 10.2 Å². The summed E-state index contributed by atoms with van der Waals surface area (Å²) in [6.07, 6.45) is 1.14. The zero-order valence-corrected chi connectivity index (χ0v) is 12.6. The second kappa shape index (κ2) is 5.90. The lowest BCUT2D eigenvalue weighted by Crippen LogP contribution is -2.32. The maximum Gasteiger partial charge on any atom is 0.300 e. The molecule has 0 atom stereocenters. The first-order valence-corrected chi connectivity index (χ1v) is 7.06. The zero-order valence-electron chi connectivity index (χ0n) is 11.1. The molecule has 114 valence electrons. The Bertz CT molecular complexity index is 752. The molecule has 2 heterocycles. The first-order chi connectivity index (χ1) is 10.6. The summed E-state index contributed by atoms with van der Waals surface area (Å²) >= 11 is 11.7. The Morgan fingerprint density at radius 2 is 2.05 bits per heavy atom. The Labute approximate surface area is 135 Å². The molecule has 22 heavy (non-hydrogen) atoms. The Morgan fingerprint density at radius 3 is 2.86 bits per heavy atom. The van der Waals surface area contributed by atoms with E-state index in [1.807, 2.05) is 0 Å². The molecule has 2 aromatic rings. The van der Waals surface area contributed by atoms with Gasteiger partial charge in [0.2, 0.25) is 6.79 Å². The van der Waals surface area contributed by atoms with E-state index >= 15 is 0 Å². The summed E-state index contributed by atoms with van der Waals surface area (Å²) < 4.78 is 10.9. The zero-order chi connectivity index (χ0) is 15.7. The fraction of sp³-hybridized carbons (Fsp3) is 0.143. The molecular weight excluding hydrogens is 331 g/mol. The van der Waals surface area contributed by atoms with Crippen molar-refractivity contribution in [2.75, 3.05) is 6.79 Å². The average Bonchev–Trinajstić information content (AvgIpc) is 2.97. The first-order valence-electron chi connectivity index (χ1n) is 6.30. The molecule has 0 spiro atoms. The van der Waals surface area contributed by atoms with Gasteiger partial charge in [-0.2, -0.15) is 4.73 Å². The minimum absolute atomic E-state index is 0.0541. The number of amides is 1. The van der Waals surface area contributed by atoms with Crippen molar-refractivity contribution in [1.29, 1.82) is 0 Å². The van der Waals surface area contributed by atoms with E-state index < -0.39 is 5.91 Å². The summed E-state index contributed by atoms with van der Waals surface area (Å²) in [5.74, 6) is 0.759. The van der Waals surface area contributed by atoms with Gasteiger partial charge in [-0.3, -0.25) is 4.79 Å². The van der Waals surface area contributed by atoms with E-state index in [1.54, 1.807) is 18.2 Å². The third-order valence-electron chi connectivity index (χ3n) is 3.11. The molecule has 1 aliphatic heterocycles. The predicted molar refractivity (Wildman–Crippen MR) is 79.2 cm³/mol. The highest BCUT2D eigenvalue weighted by Gasteiger charge is 2.22. The van der Waals surface area contributed by atoms with Crippen LogP contribution in [0, 0.1) is 5.21 Å². The van der Waals surface area contributed by atoms with Crippen molar-refractivity contribution < 1.29 is 19.0 Å². The molecule has 0 bridgehead atoms. The van der Waals surface area contributed by atoms with Gasteiger partial charge in [-0.25, -0.2) is 0 Å². The number of hydrogen-bond donors (Lipinski definition) is 1. The van der Waals surface area contributed by atoms with Crippen molar-refractivity contribution in [3.8, 4) is 11.5 Å². The van der Waals surface area contributed by atoms with Gasteiger partial charge < -0.3 is 20.0 Å². The van der Waals surface area contributed by atoms with Crippen molar-refractivity contribution in [2.24, 2.45) is 0 Å². The molecule has 0 saturated heterocycles. The van der Waals surface area contributed by atoms with Gasteiger partial charge in [0.25, 0.3) is 5.91 Å². The smallest absolute Gasteiger partial charge is 0.300 e. The van der Waals surface area contributed by atoms with E-state index in [0.717, 1.165) is 11.8 Å². The van der Waals surface area contributed by atoms with E-state index in [9.17, 15) is 10.0 Å². The number of fused-ring (bicyclic) bond motifs is 1. The number of halogens is 2. The molecule has 8 heteroatoms. The lowest BCUT2D eigenvalue weighted by atomic mass is 10.2. The molecule has 1 amide bonds. The fourth-order valence-electron chi connectivity index (χ4n) is 2.01. The monoisotopic (exact) mass is 340 g/mol. The SMILES string of the molecule is O=C(NCc1ccc2c(c1)OCO2)c1c(Cl)cc[n+]([O-])c1Cl. The van der Waals surface area contributed by atoms with Gasteiger partial charge in [-0.1, -0.05) is 17.7 Å². The number of nitrogens with zero attached hydrogens (tertiary/aromatic N) is 1. The Hall–Kier alpha value is -2.18.